The Kier molecular flexibility index (Phi) is 9.26. The molecule has 0 spiro atoms. The Morgan fingerprint density at radius 1 is 0.763 bits per heavy atom. The van der Waals surface area contributed by atoms with Crippen molar-refractivity contribution in [2.24, 2.45) is 0 Å². The summed E-state index contributed by atoms with van der Waals surface area (Å²) >= 11 is 0. The molecule has 204 valence electrons. The van der Waals surface area contributed by atoms with E-state index >= 15 is 0 Å². The number of anilines is 1. The smallest absolute Gasteiger partial charge is 0.424 e. The summed E-state index contributed by atoms with van der Waals surface area (Å²) in [5.74, 6) is 0. The molecule has 3 aromatic carbocycles. The molecular formula is C31H40N2O4S. The van der Waals surface area contributed by atoms with Gasteiger partial charge < -0.3 is 9.64 Å². The fourth-order valence-corrected chi connectivity index (χ4v) is 5.81. The summed E-state index contributed by atoms with van der Waals surface area (Å²) in [6, 6.07) is 28.1. The van der Waals surface area contributed by atoms with Crippen molar-refractivity contribution in [3.8, 4) is 0 Å². The van der Waals surface area contributed by atoms with E-state index in [1.807, 2.05) is 67.6 Å². The number of hydrogen-bond donors (Lipinski definition) is 0. The van der Waals surface area contributed by atoms with Crippen molar-refractivity contribution in [3.05, 3.63) is 102 Å². The van der Waals surface area contributed by atoms with E-state index < -0.39 is 26.5 Å². The molecule has 0 aliphatic carbocycles. The van der Waals surface area contributed by atoms with E-state index in [4.69, 9.17) is 4.74 Å². The summed E-state index contributed by atoms with van der Waals surface area (Å²) in [6.45, 7) is 11.8. The first-order valence-electron chi connectivity index (χ1n) is 13.0. The lowest BCUT2D eigenvalue weighted by Crippen LogP contribution is -2.48. The Morgan fingerprint density at radius 3 is 1.66 bits per heavy atom. The summed E-state index contributed by atoms with van der Waals surface area (Å²) in [4.78, 5) is 15.1. The van der Waals surface area contributed by atoms with Crippen LogP contribution in [-0.4, -0.2) is 31.0 Å². The minimum absolute atomic E-state index is 0.0562. The third-order valence-corrected chi connectivity index (χ3v) is 8.76. The lowest BCUT2D eigenvalue weighted by molar-refractivity contribution is 0.0387. The van der Waals surface area contributed by atoms with E-state index in [0.29, 0.717) is 25.1 Å². The van der Waals surface area contributed by atoms with E-state index in [1.165, 1.54) is 11.1 Å². The van der Waals surface area contributed by atoms with Gasteiger partial charge in [-0.3, -0.25) is 0 Å². The van der Waals surface area contributed by atoms with E-state index in [-0.39, 0.29) is 6.54 Å². The van der Waals surface area contributed by atoms with Gasteiger partial charge in [0.2, 0.25) is 10.0 Å². The van der Waals surface area contributed by atoms with Crippen LogP contribution in [0.3, 0.4) is 0 Å². The summed E-state index contributed by atoms with van der Waals surface area (Å²) in [6.07, 6.45) is -0.359. The molecule has 0 fully saturated rings. The fraction of sp³-hybridized carbons (Fsp3) is 0.387. The second-order valence-corrected chi connectivity index (χ2v) is 13.4. The topological polar surface area (TPSA) is 66.9 Å². The lowest BCUT2D eigenvalue weighted by Gasteiger charge is -2.34. The van der Waals surface area contributed by atoms with E-state index in [2.05, 4.69) is 29.2 Å². The number of carbonyl (C=O) groups excluding carboxylic acids is 1. The van der Waals surface area contributed by atoms with Crippen LogP contribution in [0.15, 0.2) is 84.9 Å². The van der Waals surface area contributed by atoms with E-state index in [9.17, 15) is 13.2 Å². The van der Waals surface area contributed by atoms with Crippen molar-refractivity contribution < 1.29 is 17.9 Å². The van der Waals surface area contributed by atoms with Gasteiger partial charge in [0.15, 0.2) is 0 Å². The molecule has 6 nitrogen and oxygen atoms in total. The first-order valence-corrected chi connectivity index (χ1v) is 14.5. The molecule has 0 heterocycles. The van der Waals surface area contributed by atoms with Crippen molar-refractivity contribution >= 4 is 21.8 Å². The van der Waals surface area contributed by atoms with Crippen LogP contribution in [-0.2, 0) is 32.6 Å². The SMILES string of the molecule is CCCN(C(=O)OC(C)(C)C)S(=O)(=O)C(C)(C)c1ccc(N(Cc2ccccc2)Cc2ccccc2)cc1. The van der Waals surface area contributed by atoms with Crippen LogP contribution in [0.5, 0.6) is 0 Å². The van der Waals surface area contributed by atoms with Gasteiger partial charge in [-0.2, -0.15) is 0 Å². The molecular weight excluding hydrogens is 496 g/mol. The fourth-order valence-electron chi connectivity index (χ4n) is 4.17. The number of benzene rings is 3. The predicted octanol–water partition coefficient (Wildman–Crippen LogP) is 7.11. The van der Waals surface area contributed by atoms with Gasteiger partial charge >= 0.3 is 6.09 Å². The number of carbonyl (C=O) groups is 1. The molecule has 0 aliphatic heterocycles. The zero-order valence-corrected chi connectivity index (χ0v) is 24.2. The number of sulfonamides is 1. The van der Waals surface area contributed by atoms with Crippen molar-refractivity contribution in [2.75, 3.05) is 11.4 Å². The van der Waals surface area contributed by atoms with Gasteiger partial charge in [-0.1, -0.05) is 79.7 Å². The van der Waals surface area contributed by atoms with Crippen LogP contribution in [0, 0.1) is 0 Å². The van der Waals surface area contributed by atoms with E-state index in [0.717, 1.165) is 9.99 Å². The van der Waals surface area contributed by atoms with Crippen molar-refractivity contribution in [1.29, 1.82) is 0 Å². The van der Waals surface area contributed by atoms with Crippen molar-refractivity contribution in [2.45, 2.75) is 71.4 Å². The van der Waals surface area contributed by atoms with Crippen LogP contribution in [0.2, 0.25) is 0 Å². The number of hydrogen-bond acceptors (Lipinski definition) is 5. The molecule has 0 radical (unpaired) electrons. The van der Waals surface area contributed by atoms with E-state index in [1.54, 1.807) is 34.6 Å². The highest BCUT2D eigenvalue weighted by molar-refractivity contribution is 7.90. The van der Waals surface area contributed by atoms with Gasteiger partial charge in [-0.25, -0.2) is 17.5 Å². The van der Waals surface area contributed by atoms with Crippen LogP contribution in [0.25, 0.3) is 0 Å². The zero-order valence-electron chi connectivity index (χ0n) is 23.3. The first kappa shape index (κ1) is 29.2. The Morgan fingerprint density at radius 2 is 1.24 bits per heavy atom. The molecule has 7 heteroatoms. The highest BCUT2D eigenvalue weighted by Gasteiger charge is 2.44. The normalized spacial score (nSPS) is 12.2. The zero-order chi connectivity index (χ0) is 28.0. The minimum atomic E-state index is -4.07. The van der Waals surface area contributed by atoms with Crippen LogP contribution in [0.1, 0.15) is 64.7 Å². The maximum Gasteiger partial charge on any atom is 0.424 e. The van der Waals surface area contributed by atoms with Crippen LogP contribution >= 0.6 is 0 Å². The number of amides is 1. The average Bonchev–Trinajstić information content (AvgIpc) is 2.87. The maximum absolute atomic E-state index is 13.8. The first-order chi connectivity index (χ1) is 17.8. The Hall–Kier alpha value is -3.32. The number of rotatable bonds is 10. The molecule has 38 heavy (non-hydrogen) atoms. The summed E-state index contributed by atoms with van der Waals surface area (Å²) in [7, 11) is -4.07. The second kappa shape index (κ2) is 12.0. The standard InChI is InChI=1S/C31H40N2O4S/c1-7-22-33(29(34)37-30(2,3)4)38(35,36)31(5,6)27-18-20-28(21-19-27)32(23-25-14-10-8-11-15-25)24-26-16-12-9-13-17-26/h8-21H,7,22-24H2,1-6H3. The quantitative estimate of drug-likeness (QED) is 0.276. The van der Waals surface area contributed by atoms with Crippen molar-refractivity contribution in [1.82, 2.24) is 4.31 Å². The highest BCUT2D eigenvalue weighted by atomic mass is 32.2. The molecule has 0 aromatic heterocycles. The van der Waals surface area contributed by atoms with Gasteiger partial charge in [-0.05, 0) is 69.9 Å². The molecule has 3 rings (SSSR count). The monoisotopic (exact) mass is 536 g/mol. The predicted molar refractivity (Wildman–Crippen MR) is 154 cm³/mol. The third kappa shape index (κ3) is 7.16. The third-order valence-electron chi connectivity index (χ3n) is 6.32. The molecule has 0 N–H and O–H groups in total. The Balaban J connectivity index is 1.92. The van der Waals surface area contributed by atoms with Gasteiger partial charge in [0.1, 0.15) is 10.3 Å². The van der Waals surface area contributed by atoms with Crippen LogP contribution < -0.4 is 4.90 Å². The minimum Gasteiger partial charge on any atom is -0.443 e. The molecule has 0 aliphatic rings. The second-order valence-electron chi connectivity index (χ2n) is 10.9. The number of ether oxygens (including phenoxy) is 1. The summed E-state index contributed by atoms with van der Waals surface area (Å²) in [5, 5.41) is 0. The lowest BCUT2D eigenvalue weighted by atomic mass is 10.0. The average molecular weight is 537 g/mol. The summed E-state index contributed by atoms with van der Waals surface area (Å²) < 4.78 is 32.5. The molecule has 0 saturated carbocycles. The van der Waals surface area contributed by atoms with Gasteiger partial charge in [0, 0.05) is 25.3 Å². The largest absolute Gasteiger partial charge is 0.443 e. The van der Waals surface area contributed by atoms with Gasteiger partial charge in [0.05, 0.1) is 0 Å². The van der Waals surface area contributed by atoms with Crippen LogP contribution in [0.4, 0.5) is 10.5 Å². The number of nitrogens with zero attached hydrogens (tertiary/aromatic N) is 2. The molecule has 1 amide bonds. The Bertz CT molecular complexity index is 1240. The Labute approximate surface area is 228 Å². The molecule has 0 saturated heterocycles. The summed E-state index contributed by atoms with van der Waals surface area (Å²) in [5.41, 5.74) is 3.15. The maximum atomic E-state index is 13.8. The molecule has 0 bridgehead atoms. The van der Waals surface area contributed by atoms with Crippen molar-refractivity contribution in [3.63, 3.8) is 0 Å². The highest BCUT2D eigenvalue weighted by Crippen LogP contribution is 2.35. The van der Waals surface area contributed by atoms with Gasteiger partial charge in [-0.15, -0.1) is 0 Å². The molecule has 3 aromatic rings. The molecule has 0 unspecified atom stereocenters. The van der Waals surface area contributed by atoms with Gasteiger partial charge in [0.25, 0.3) is 0 Å². The molecule has 0 atom stereocenters.